The van der Waals surface area contributed by atoms with Crippen LogP contribution in [0.5, 0.6) is 5.75 Å². The van der Waals surface area contributed by atoms with Crippen LogP contribution in [0.1, 0.15) is 24.8 Å². The molecule has 0 unspecified atom stereocenters. The summed E-state index contributed by atoms with van der Waals surface area (Å²) in [4.78, 5) is 23.6. The van der Waals surface area contributed by atoms with Crippen molar-refractivity contribution in [2.24, 2.45) is 0 Å². The second-order valence-corrected chi connectivity index (χ2v) is 5.48. The lowest BCUT2D eigenvalue weighted by atomic mass is 9.90. The van der Waals surface area contributed by atoms with E-state index in [1.807, 2.05) is 0 Å². The molecule has 1 heterocycles. The molecule has 23 heavy (non-hydrogen) atoms. The first-order valence-electron chi connectivity index (χ1n) is 7.42. The molecule has 1 fully saturated rings. The van der Waals surface area contributed by atoms with Gasteiger partial charge in [0.25, 0.3) is 0 Å². The SMILES string of the molecule is COc1cccc(CCC(=O)NC2(C(=O)O)CCOCC2)c1F. The van der Waals surface area contributed by atoms with Gasteiger partial charge in [-0.1, -0.05) is 12.1 Å². The number of halogens is 1. The number of methoxy groups -OCH3 is 1. The lowest BCUT2D eigenvalue weighted by Gasteiger charge is -2.33. The second-order valence-electron chi connectivity index (χ2n) is 5.48. The molecule has 1 saturated heterocycles. The van der Waals surface area contributed by atoms with Crippen LogP contribution in [-0.2, 0) is 20.7 Å². The van der Waals surface area contributed by atoms with Crippen LogP contribution >= 0.6 is 0 Å². The van der Waals surface area contributed by atoms with Crippen molar-refractivity contribution in [1.29, 1.82) is 0 Å². The lowest BCUT2D eigenvalue weighted by molar-refractivity contribution is -0.152. The fourth-order valence-electron chi connectivity index (χ4n) is 2.60. The predicted octanol–water partition coefficient (Wildman–Crippen LogP) is 1.52. The van der Waals surface area contributed by atoms with Crippen molar-refractivity contribution in [2.75, 3.05) is 20.3 Å². The summed E-state index contributed by atoms with van der Waals surface area (Å²) >= 11 is 0. The molecule has 0 bridgehead atoms. The minimum atomic E-state index is -1.29. The minimum absolute atomic E-state index is 0.0000250. The van der Waals surface area contributed by atoms with Crippen molar-refractivity contribution in [3.8, 4) is 5.75 Å². The Bertz CT molecular complexity index is 584. The topological polar surface area (TPSA) is 84.9 Å². The first-order chi connectivity index (χ1) is 11.0. The van der Waals surface area contributed by atoms with E-state index < -0.39 is 23.2 Å². The molecule has 126 valence electrons. The molecule has 0 radical (unpaired) electrons. The molecule has 0 aromatic heterocycles. The number of aryl methyl sites for hydroxylation is 1. The standard InChI is InChI=1S/C16H20FNO5/c1-22-12-4-2-3-11(14(12)17)5-6-13(19)18-16(15(20)21)7-9-23-10-8-16/h2-4H,5-10H2,1H3,(H,18,19)(H,20,21). The van der Waals surface area contributed by atoms with E-state index in [2.05, 4.69) is 5.32 Å². The third-order valence-corrected chi connectivity index (χ3v) is 4.02. The van der Waals surface area contributed by atoms with E-state index in [-0.39, 0.29) is 44.6 Å². The fourth-order valence-corrected chi connectivity index (χ4v) is 2.60. The number of carbonyl (C=O) groups is 2. The number of carboxylic acids is 1. The van der Waals surface area contributed by atoms with E-state index in [1.165, 1.54) is 13.2 Å². The van der Waals surface area contributed by atoms with Crippen molar-refractivity contribution in [2.45, 2.75) is 31.2 Å². The first kappa shape index (κ1) is 17.2. The van der Waals surface area contributed by atoms with Crippen LogP contribution in [-0.4, -0.2) is 42.8 Å². The highest BCUT2D eigenvalue weighted by molar-refractivity contribution is 5.87. The van der Waals surface area contributed by atoms with Crippen molar-refractivity contribution in [3.63, 3.8) is 0 Å². The number of rotatable bonds is 6. The normalized spacial score (nSPS) is 16.6. The van der Waals surface area contributed by atoms with Gasteiger partial charge in [0.1, 0.15) is 5.54 Å². The van der Waals surface area contributed by atoms with Gasteiger partial charge in [-0.3, -0.25) is 4.79 Å². The molecular formula is C16H20FNO5. The van der Waals surface area contributed by atoms with E-state index in [9.17, 15) is 19.1 Å². The van der Waals surface area contributed by atoms with E-state index in [0.717, 1.165) is 0 Å². The average Bonchev–Trinajstić information content (AvgIpc) is 2.54. The molecule has 0 atom stereocenters. The Balaban J connectivity index is 1.98. The molecule has 6 nitrogen and oxygen atoms in total. The van der Waals surface area contributed by atoms with Crippen LogP contribution in [0.3, 0.4) is 0 Å². The lowest BCUT2D eigenvalue weighted by Crippen LogP contribution is -2.57. The molecule has 1 aliphatic rings. The van der Waals surface area contributed by atoms with Crippen LogP contribution in [0.15, 0.2) is 18.2 Å². The molecule has 1 amide bonds. The van der Waals surface area contributed by atoms with Gasteiger partial charge in [0.15, 0.2) is 11.6 Å². The molecular weight excluding hydrogens is 305 g/mol. The molecule has 2 N–H and O–H groups in total. The van der Waals surface area contributed by atoms with Crippen LogP contribution in [0, 0.1) is 5.82 Å². The number of carboxylic acid groups (broad SMARTS) is 1. The average molecular weight is 325 g/mol. The monoisotopic (exact) mass is 325 g/mol. The summed E-state index contributed by atoms with van der Waals surface area (Å²) in [6.07, 6.45) is 0.615. The predicted molar refractivity (Wildman–Crippen MR) is 79.8 cm³/mol. The summed E-state index contributed by atoms with van der Waals surface area (Å²) in [5.41, 5.74) is -0.932. The van der Waals surface area contributed by atoms with Crippen molar-refractivity contribution >= 4 is 11.9 Å². The summed E-state index contributed by atoms with van der Waals surface area (Å²) in [6.45, 7) is 0.578. The van der Waals surface area contributed by atoms with Crippen molar-refractivity contribution in [1.82, 2.24) is 5.32 Å². The Morgan fingerprint density at radius 1 is 1.39 bits per heavy atom. The van der Waals surface area contributed by atoms with Gasteiger partial charge in [-0.2, -0.15) is 0 Å². The van der Waals surface area contributed by atoms with Crippen LogP contribution in [0.4, 0.5) is 4.39 Å². The number of amides is 1. The summed E-state index contributed by atoms with van der Waals surface area (Å²) in [5.74, 6) is -1.87. The highest BCUT2D eigenvalue weighted by Gasteiger charge is 2.41. The maximum absolute atomic E-state index is 14.0. The van der Waals surface area contributed by atoms with Gasteiger partial charge in [-0.25, -0.2) is 9.18 Å². The van der Waals surface area contributed by atoms with E-state index >= 15 is 0 Å². The molecule has 7 heteroatoms. The molecule has 1 aliphatic heterocycles. The second kappa shape index (κ2) is 7.41. The Morgan fingerprint density at radius 3 is 2.70 bits per heavy atom. The summed E-state index contributed by atoms with van der Waals surface area (Å²) in [5, 5.41) is 12.0. The molecule has 0 saturated carbocycles. The van der Waals surface area contributed by atoms with Gasteiger partial charge < -0.3 is 19.9 Å². The molecule has 1 aromatic carbocycles. The molecule has 1 aromatic rings. The Hall–Kier alpha value is -2.15. The van der Waals surface area contributed by atoms with E-state index in [0.29, 0.717) is 5.56 Å². The third kappa shape index (κ3) is 3.98. The first-order valence-corrected chi connectivity index (χ1v) is 7.42. The molecule has 2 rings (SSSR count). The number of ether oxygens (including phenoxy) is 2. The summed E-state index contributed by atoms with van der Waals surface area (Å²) in [6, 6.07) is 4.72. The largest absolute Gasteiger partial charge is 0.494 e. The maximum atomic E-state index is 14.0. The number of aliphatic carboxylic acids is 1. The van der Waals surface area contributed by atoms with Crippen molar-refractivity contribution in [3.05, 3.63) is 29.6 Å². The summed E-state index contributed by atoms with van der Waals surface area (Å²) < 4.78 is 24.1. The smallest absolute Gasteiger partial charge is 0.329 e. The quantitative estimate of drug-likeness (QED) is 0.828. The Kier molecular flexibility index (Phi) is 5.54. The molecule has 0 aliphatic carbocycles. The highest BCUT2D eigenvalue weighted by atomic mass is 19.1. The maximum Gasteiger partial charge on any atom is 0.329 e. The highest BCUT2D eigenvalue weighted by Crippen LogP contribution is 2.23. The zero-order valence-corrected chi connectivity index (χ0v) is 12.9. The van der Waals surface area contributed by atoms with Gasteiger partial charge in [-0.15, -0.1) is 0 Å². The zero-order valence-electron chi connectivity index (χ0n) is 12.9. The number of hydrogen-bond acceptors (Lipinski definition) is 4. The van der Waals surface area contributed by atoms with E-state index in [1.54, 1.807) is 12.1 Å². The Labute approximate surface area is 133 Å². The van der Waals surface area contributed by atoms with Gasteiger partial charge in [-0.05, 0) is 18.1 Å². The third-order valence-electron chi connectivity index (χ3n) is 4.02. The van der Waals surface area contributed by atoms with Crippen molar-refractivity contribution < 1.29 is 28.6 Å². The van der Waals surface area contributed by atoms with Gasteiger partial charge in [0.05, 0.1) is 7.11 Å². The molecule has 0 spiro atoms. The van der Waals surface area contributed by atoms with Gasteiger partial charge in [0, 0.05) is 32.5 Å². The number of hydrogen-bond donors (Lipinski definition) is 2. The summed E-state index contributed by atoms with van der Waals surface area (Å²) in [7, 11) is 1.37. The number of carbonyl (C=O) groups excluding carboxylic acids is 1. The van der Waals surface area contributed by atoms with Crippen LogP contribution in [0.2, 0.25) is 0 Å². The van der Waals surface area contributed by atoms with Gasteiger partial charge in [0.2, 0.25) is 5.91 Å². The van der Waals surface area contributed by atoms with Crippen LogP contribution < -0.4 is 10.1 Å². The Morgan fingerprint density at radius 2 is 2.09 bits per heavy atom. The van der Waals surface area contributed by atoms with Crippen LogP contribution in [0.25, 0.3) is 0 Å². The zero-order chi connectivity index (χ0) is 16.9. The minimum Gasteiger partial charge on any atom is -0.494 e. The fraction of sp³-hybridized carbons (Fsp3) is 0.500. The van der Waals surface area contributed by atoms with Gasteiger partial charge >= 0.3 is 5.97 Å². The number of benzene rings is 1. The number of nitrogens with one attached hydrogen (secondary N) is 1. The van der Waals surface area contributed by atoms with E-state index in [4.69, 9.17) is 9.47 Å².